The maximum atomic E-state index is 11.9. The first-order valence-corrected chi connectivity index (χ1v) is 6.92. The Bertz CT molecular complexity index is 562. The highest BCUT2D eigenvalue weighted by Crippen LogP contribution is 2.43. The number of rotatable bonds is 5. The zero-order valence-corrected chi connectivity index (χ0v) is 12.8. The van der Waals surface area contributed by atoms with Gasteiger partial charge in [-0.3, -0.25) is 0 Å². The summed E-state index contributed by atoms with van der Waals surface area (Å²) in [6.45, 7) is 5.67. The van der Waals surface area contributed by atoms with Crippen molar-refractivity contribution >= 4 is 5.97 Å². The Morgan fingerprint density at radius 3 is 2.81 bits per heavy atom. The van der Waals surface area contributed by atoms with Gasteiger partial charge in [0.25, 0.3) is 0 Å². The molecule has 5 nitrogen and oxygen atoms in total. The van der Waals surface area contributed by atoms with Crippen molar-refractivity contribution in [3.05, 3.63) is 29.3 Å². The van der Waals surface area contributed by atoms with Crippen molar-refractivity contribution in [3.63, 3.8) is 0 Å². The van der Waals surface area contributed by atoms with Crippen LogP contribution in [0.25, 0.3) is 0 Å². The van der Waals surface area contributed by atoms with Crippen LogP contribution >= 0.6 is 0 Å². The fourth-order valence-corrected chi connectivity index (χ4v) is 2.06. The van der Waals surface area contributed by atoms with E-state index in [0.717, 1.165) is 5.56 Å². The van der Waals surface area contributed by atoms with Crippen LogP contribution in [0.3, 0.4) is 0 Å². The van der Waals surface area contributed by atoms with E-state index in [2.05, 4.69) is 0 Å². The molecule has 0 N–H and O–H groups in total. The second-order valence-corrected chi connectivity index (χ2v) is 4.73. The maximum Gasteiger partial charge on any atom is 0.333 e. The third-order valence-electron chi connectivity index (χ3n) is 3.43. The highest BCUT2D eigenvalue weighted by Gasteiger charge is 2.24. The fraction of sp³-hybridized carbons (Fsp3) is 0.438. The summed E-state index contributed by atoms with van der Waals surface area (Å²) < 4.78 is 21.6. The zero-order chi connectivity index (χ0) is 15.4. The van der Waals surface area contributed by atoms with E-state index in [1.54, 1.807) is 27.0 Å². The predicted octanol–water partition coefficient (Wildman–Crippen LogP) is 3.38. The smallest absolute Gasteiger partial charge is 0.333 e. The van der Waals surface area contributed by atoms with Crippen molar-refractivity contribution in [3.8, 4) is 17.2 Å². The van der Waals surface area contributed by atoms with Crippen LogP contribution in [0.2, 0.25) is 0 Å². The first-order valence-electron chi connectivity index (χ1n) is 6.92. The minimum atomic E-state index is -0.351. The van der Waals surface area contributed by atoms with Gasteiger partial charge in [-0.25, -0.2) is 4.79 Å². The van der Waals surface area contributed by atoms with Crippen molar-refractivity contribution in [2.45, 2.75) is 33.3 Å². The van der Waals surface area contributed by atoms with E-state index in [-0.39, 0.29) is 18.9 Å². The van der Waals surface area contributed by atoms with Gasteiger partial charge in [-0.2, -0.15) is 0 Å². The van der Waals surface area contributed by atoms with Gasteiger partial charge in [-0.05, 0) is 32.4 Å². The van der Waals surface area contributed by atoms with Gasteiger partial charge in [-0.1, -0.05) is 13.0 Å². The third-order valence-corrected chi connectivity index (χ3v) is 3.43. The molecule has 1 aliphatic rings. The van der Waals surface area contributed by atoms with Crippen molar-refractivity contribution in [2.24, 2.45) is 0 Å². The van der Waals surface area contributed by atoms with Crippen LogP contribution in [0.15, 0.2) is 23.8 Å². The predicted molar refractivity (Wildman–Crippen MR) is 77.7 cm³/mol. The number of methoxy groups -OCH3 is 1. The molecular weight excluding hydrogens is 272 g/mol. The monoisotopic (exact) mass is 292 g/mol. The highest BCUT2D eigenvalue weighted by molar-refractivity contribution is 5.87. The van der Waals surface area contributed by atoms with Crippen LogP contribution in [-0.4, -0.2) is 19.9 Å². The largest absolute Gasteiger partial charge is 0.493 e. The summed E-state index contributed by atoms with van der Waals surface area (Å²) in [5.41, 5.74) is 1.41. The van der Waals surface area contributed by atoms with Gasteiger partial charge in [0, 0.05) is 11.1 Å². The van der Waals surface area contributed by atoms with Gasteiger partial charge in [0.15, 0.2) is 11.5 Å². The van der Waals surface area contributed by atoms with E-state index < -0.39 is 0 Å². The van der Waals surface area contributed by atoms with Gasteiger partial charge in [0.2, 0.25) is 12.5 Å². The lowest BCUT2D eigenvalue weighted by atomic mass is 10.1. The zero-order valence-electron chi connectivity index (χ0n) is 12.8. The molecule has 0 saturated heterocycles. The summed E-state index contributed by atoms with van der Waals surface area (Å²) >= 11 is 0. The molecule has 2 rings (SSSR count). The molecule has 0 saturated carbocycles. The lowest BCUT2D eigenvalue weighted by Gasteiger charge is -2.18. The molecule has 0 bridgehead atoms. The molecular formula is C16H20O5. The Hall–Kier alpha value is -2.17. The SMILES string of the molecule is CC=C(C)C(=O)OC(CC)c1cc(OC)c2c(c1)OCO2. The standard InChI is InChI=1S/C16H20O5/c1-5-10(3)16(17)21-12(6-2)11-7-13(18-4)15-14(8-11)19-9-20-15/h5,7-8,12H,6,9H2,1-4H3. The van der Waals surface area contributed by atoms with Gasteiger partial charge in [-0.15, -0.1) is 0 Å². The molecule has 21 heavy (non-hydrogen) atoms. The Morgan fingerprint density at radius 1 is 1.43 bits per heavy atom. The van der Waals surface area contributed by atoms with Crippen LogP contribution in [0.1, 0.15) is 38.9 Å². The summed E-state index contributed by atoms with van der Waals surface area (Å²) in [6.07, 6.45) is 2.04. The molecule has 1 unspecified atom stereocenters. The van der Waals surface area contributed by atoms with Crippen LogP contribution < -0.4 is 14.2 Å². The lowest BCUT2D eigenvalue weighted by molar-refractivity contribution is -0.144. The van der Waals surface area contributed by atoms with Gasteiger partial charge in [0.1, 0.15) is 6.10 Å². The molecule has 114 valence electrons. The van der Waals surface area contributed by atoms with E-state index in [9.17, 15) is 4.79 Å². The summed E-state index contributed by atoms with van der Waals surface area (Å²) in [6, 6.07) is 3.65. The number of hydrogen-bond donors (Lipinski definition) is 0. The minimum Gasteiger partial charge on any atom is -0.493 e. The minimum absolute atomic E-state index is 0.170. The topological polar surface area (TPSA) is 54.0 Å². The van der Waals surface area contributed by atoms with Gasteiger partial charge >= 0.3 is 5.97 Å². The molecule has 5 heteroatoms. The second-order valence-electron chi connectivity index (χ2n) is 4.73. The number of esters is 1. The van der Waals surface area contributed by atoms with Crippen molar-refractivity contribution in [1.82, 2.24) is 0 Å². The Morgan fingerprint density at radius 2 is 2.19 bits per heavy atom. The summed E-state index contributed by atoms with van der Waals surface area (Å²) in [4.78, 5) is 11.9. The fourth-order valence-electron chi connectivity index (χ4n) is 2.06. The molecule has 1 heterocycles. The van der Waals surface area contributed by atoms with E-state index in [0.29, 0.717) is 29.2 Å². The summed E-state index contributed by atoms with van der Waals surface area (Å²) in [7, 11) is 1.57. The normalized spacial score (nSPS) is 14.8. The number of fused-ring (bicyclic) bond motifs is 1. The summed E-state index contributed by atoms with van der Waals surface area (Å²) in [5, 5.41) is 0. The van der Waals surface area contributed by atoms with Gasteiger partial charge < -0.3 is 18.9 Å². The number of ether oxygens (including phenoxy) is 4. The molecule has 1 aromatic rings. The van der Waals surface area contributed by atoms with E-state index in [4.69, 9.17) is 18.9 Å². The maximum absolute atomic E-state index is 11.9. The van der Waals surface area contributed by atoms with Crippen LogP contribution in [0.4, 0.5) is 0 Å². The average molecular weight is 292 g/mol. The molecule has 1 atom stereocenters. The molecule has 0 aromatic heterocycles. The first kappa shape index (κ1) is 15.2. The van der Waals surface area contributed by atoms with Crippen LogP contribution in [0, 0.1) is 0 Å². The quantitative estimate of drug-likeness (QED) is 0.615. The van der Waals surface area contributed by atoms with Crippen LogP contribution in [-0.2, 0) is 9.53 Å². The lowest BCUT2D eigenvalue weighted by Crippen LogP contribution is -2.12. The van der Waals surface area contributed by atoms with E-state index >= 15 is 0 Å². The molecule has 0 amide bonds. The summed E-state index contributed by atoms with van der Waals surface area (Å²) in [5.74, 6) is 1.46. The number of hydrogen-bond acceptors (Lipinski definition) is 5. The number of carbonyl (C=O) groups is 1. The van der Waals surface area contributed by atoms with E-state index in [1.807, 2.05) is 19.1 Å². The molecule has 1 aliphatic heterocycles. The Balaban J connectivity index is 2.28. The number of allylic oxidation sites excluding steroid dienone is 1. The Kier molecular flexibility index (Phi) is 4.73. The van der Waals surface area contributed by atoms with Crippen molar-refractivity contribution < 1.29 is 23.7 Å². The first-order chi connectivity index (χ1) is 10.1. The molecule has 0 spiro atoms. The van der Waals surface area contributed by atoms with Gasteiger partial charge in [0.05, 0.1) is 7.11 Å². The van der Waals surface area contributed by atoms with E-state index in [1.165, 1.54) is 0 Å². The molecule has 1 aromatic carbocycles. The average Bonchev–Trinajstić information content (AvgIpc) is 2.98. The number of benzene rings is 1. The third kappa shape index (κ3) is 3.12. The highest BCUT2D eigenvalue weighted by atomic mass is 16.7. The number of carbonyl (C=O) groups excluding carboxylic acids is 1. The second kappa shape index (κ2) is 6.52. The molecule has 0 radical (unpaired) electrons. The van der Waals surface area contributed by atoms with Crippen molar-refractivity contribution in [2.75, 3.05) is 13.9 Å². The van der Waals surface area contributed by atoms with Crippen molar-refractivity contribution in [1.29, 1.82) is 0 Å². The van der Waals surface area contributed by atoms with Crippen LogP contribution in [0.5, 0.6) is 17.2 Å². The molecule has 0 aliphatic carbocycles. The molecule has 0 fully saturated rings. The Labute approximate surface area is 124 Å².